The number of azo groups is 1. The van der Waals surface area contributed by atoms with E-state index in [0.29, 0.717) is 17.9 Å². The van der Waals surface area contributed by atoms with Crippen molar-refractivity contribution in [3.8, 4) is 5.88 Å². The number of nitrogens with one attached hydrogen (secondary N) is 1. The number of aromatic nitrogens is 1. The summed E-state index contributed by atoms with van der Waals surface area (Å²) in [7, 11) is 3.99. The number of para-hydroxylation sites is 1. The van der Waals surface area contributed by atoms with E-state index >= 15 is 0 Å². The van der Waals surface area contributed by atoms with Crippen molar-refractivity contribution in [3.63, 3.8) is 0 Å². The minimum Gasteiger partial charge on any atom is -0.493 e. The number of carbonyl (C=O) groups excluding carboxylic acids is 1. The predicted molar refractivity (Wildman–Crippen MR) is 91.7 cm³/mol. The van der Waals surface area contributed by atoms with Gasteiger partial charge in [0.05, 0.1) is 19.6 Å². The number of rotatable bonds is 4. The van der Waals surface area contributed by atoms with Crippen LogP contribution in [0.2, 0.25) is 0 Å². The molecule has 6 heteroatoms. The summed E-state index contributed by atoms with van der Waals surface area (Å²) < 4.78 is 1.77. The van der Waals surface area contributed by atoms with E-state index in [2.05, 4.69) is 10.2 Å². The fraction of sp³-hybridized carbons (Fsp3) is 0.167. The summed E-state index contributed by atoms with van der Waals surface area (Å²) in [5.41, 5.74) is 1.63. The molecule has 0 fully saturated rings. The highest BCUT2D eigenvalue weighted by atomic mass is 16.3. The van der Waals surface area contributed by atoms with E-state index in [1.807, 2.05) is 44.4 Å². The third-order valence-corrected chi connectivity index (χ3v) is 3.65. The summed E-state index contributed by atoms with van der Waals surface area (Å²) in [5, 5.41) is 19.1. The SMILES string of the molecule is C[NH+](C)Cn1c(O)c(N=NC(=O)c2ccccc2)c2ccccc21. The number of benzene rings is 2. The van der Waals surface area contributed by atoms with Gasteiger partial charge in [0.2, 0.25) is 5.88 Å². The smallest absolute Gasteiger partial charge is 0.295 e. The molecule has 0 bridgehead atoms. The molecule has 0 saturated carbocycles. The van der Waals surface area contributed by atoms with Gasteiger partial charge in [-0.05, 0) is 18.2 Å². The van der Waals surface area contributed by atoms with E-state index in [9.17, 15) is 9.90 Å². The topological polar surface area (TPSA) is 71.4 Å². The standard InChI is InChI=1S/C18H18N4O2/c1-21(2)12-22-15-11-7-6-10-14(15)16(18(22)24)19-20-17(23)13-8-4-3-5-9-13/h3-11,24H,12H2,1-2H3/p+1. The average molecular weight is 323 g/mol. The lowest BCUT2D eigenvalue weighted by Gasteiger charge is -2.10. The van der Waals surface area contributed by atoms with Crippen molar-refractivity contribution in [2.75, 3.05) is 14.1 Å². The largest absolute Gasteiger partial charge is 0.493 e. The van der Waals surface area contributed by atoms with Crippen molar-refractivity contribution in [3.05, 3.63) is 60.2 Å². The van der Waals surface area contributed by atoms with Gasteiger partial charge in [-0.15, -0.1) is 10.2 Å². The first kappa shape index (κ1) is 15.9. The molecular formula is C18H19N4O2+. The van der Waals surface area contributed by atoms with Gasteiger partial charge in [0.15, 0.2) is 12.4 Å². The van der Waals surface area contributed by atoms with Crippen LogP contribution in [0.15, 0.2) is 64.8 Å². The average Bonchev–Trinajstić information content (AvgIpc) is 2.85. The van der Waals surface area contributed by atoms with Crippen LogP contribution in [0.4, 0.5) is 5.69 Å². The Kier molecular flexibility index (Phi) is 4.39. The Bertz CT molecular complexity index is 898. The number of quaternary nitrogens is 1. The van der Waals surface area contributed by atoms with Gasteiger partial charge in [-0.1, -0.05) is 36.4 Å². The summed E-state index contributed by atoms with van der Waals surface area (Å²) in [6.45, 7) is 0.578. The number of carbonyl (C=O) groups is 1. The second-order valence-corrected chi connectivity index (χ2v) is 5.85. The maximum absolute atomic E-state index is 12.1. The van der Waals surface area contributed by atoms with E-state index in [4.69, 9.17) is 0 Å². The summed E-state index contributed by atoms with van der Waals surface area (Å²) in [6.07, 6.45) is 0. The molecule has 1 aromatic heterocycles. The molecular weight excluding hydrogens is 304 g/mol. The van der Waals surface area contributed by atoms with E-state index in [1.165, 1.54) is 0 Å². The van der Waals surface area contributed by atoms with E-state index in [1.54, 1.807) is 28.8 Å². The molecule has 0 atom stereocenters. The van der Waals surface area contributed by atoms with Crippen molar-refractivity contribution >= 4 is 22.5 Å². The van der Waals surface area contributed by atoms with Crippen LogP contribution in [-0.2, 0) is 6.67 Å². The van der Waals surface area contributed by atoms with Crippen molar-refractivity contribution < 1.29 is 14.8 Å². The van der Waals surface area contributed by atoms with Crippen LogP contribution in [0.1, 0.15) is 10.4 Å². The molecule has 0 aliphatic rings. The fourth-order valence-electron chi connectivity index (χ4n) is 2.58. The molecule has 2 aromatic carbocycles. The predicted octanol–water partition coefficient (Wildman–Crippen LogP) is 2.37. The second kappa shape index (κ2) is 6.64. The molecule has 0 spiro atoms. The van der Waals surface area contributed by atoms with E-state index in [-0.39, 0.29) is 5.88 Å². The molecule has 0 saturated heterocycles. The van der Waals surface area contributed by atoms with Gasteiger partial charge in [0, 0.05) is 10.9 Å². The number of amides is 1. The van der Waals surface area contributed by atoms with Crippen molar-refractivity contribution in [1.82, 2.24) is 4.57 Å². The zero-order chi connectivity index (χ0) is 17.1. The minimum absolute atomic E-state index is 0.0158. The third-order valence-electron chi connectivity index (χ3n) is 3.65. The Morgan fingerprint density at radius 2 is 1.75 bits per heavy atom. The molecule has 122 valence electrons. The lowest BCUT2D eigenvalue weighted by Crippen LogP contribution is -3.04. The van der Waals surface area contributed by atoms with Crippen LogP contribution in [0, 0.1) is 0 Å². The van der Waals surface area contributed by atoms with Gasteiger partial charge in [-0.3, -0.25) is 9.36 Å². The van der Waals surface area contributed by atoms with Crippen molar-refractivity contribution in [2.24, 2.45) is 10.2 Å². The highest BCUT2D eigenvalue weighted by Gasteiger charge is 2.18. The Balaban J connectivity index is 2.02. The molecule has 6 nitrogen and oxygen atoms in total. The van der Waals surface area contributed by atoms with Gasteiger partial charge in [-0.2, -0.15) is 0 Å². The number of hydrogen-bond donors (Lipinski definition) is 2. The lowest BCUT2D eigenvalue weighted by molar-refractivity contribution is -0.882. The first-order valence-electron chi connectivity index (χ1n) is 7.68. The van der Waals surface area contributed by atoms with Crippen LogP contribution in [0.25, 0.3) is 10.9 Å². The summed E-state index contributed by atoms with van der Waals surface area (Å²) >= 11 is 0. The molecule has 24 heavy (non-hydrogen) atoms. The second-order valence-electron chi connectivity index (χ2n) is 5.85. The Labute approximate surface area is 139 Å². The van der Waals surface area contributed by atoms with Crippen LogP contribution >= 0.6 is 0 Å². The zero-order valence-electron chi connectivity index (χ0n) is 13.6. The monoisotopic (exact) mass is 323 g/mol. The van der Waals surface area contributed by atoms with Crippen molar-refractivity contribution in [1.29, 1.82) is 0 Å². The minimum atomic E-state index is -0.440. The number of fused-ring (bicyclic) bond motifs is 1. The van der Waals surface area contributed by atoms with E-state index < -0.39 is 5.91 Å². The Hall–Kier alpha value is -2.99. The number of nitrogens with zero attached hydrogens (tertiary/aromatic N) is 3. The molecule has 0 radical (unpaired) electrons. The van der Waals surface area contributed by atoms with Crippen LogP contribution < -0.4 is 4.90 Å². The van der Waals surface area contributed by atoms with Gasteiger partial charge >= 0.3 is 0 Å². The van der Waals surface area contributed by atoms with Gasteiger partial charge in [-0.25, -0.2) is 0 Å². The molecule has 1 heterocycles. The van der Waals surface area contributed by atoms with Gasteiger partial charge in [0.1, 0.15) is 0 Å². The molecule has 0 aliphatic heterocycles. The maximum atomic E-state index is 12.1. The number of aromatic hydroxyl groups is 1. The summed E-state index contributed by atoms with van der Waals surface area (Å²) in [5.74, 6) is -0.424. The van der Waals surface area contributed by atoms with Gasteiger partial charge in [0.25, 0.3) is 5.91 Å². The lowest BCUT2D eigenvalue weighted by atomic mass is 10.2. The van der Waals surface area contributed by atoms with Crippen molar-refractivity contribution in [2.45, 2.75) is 6.67 Å². The molecule has 0 aliphatic carbocycles. The van der Waals surface area contributed by atoms with E-state index in [0.717, 1.165) is 15.8 Å². The molecule has 0 unspecified atom stereocenters. The first-order valence-corrected chi connectivity index (χ1v) is 7.68. The van der Waals surface area contributed by atoms with Gasteiger partial charge < -0.3 is 10.0 Å². The Morgan fingerprint density at radius 1 is 1.08 bits per heavy atom. The molecule has 3 rings (SSSR count). The normalized spacial score (nSPS) is 11.6. The fourth-order valence-corrected chi connectivity index (χ4v) is 2.58. The first-order chi connectivity index (χ1) is 11.6. The van der Waals surface area contributed by atoms with Crippen LogP contribution in [0.5, 0.6) is 5.88 Å². The highest BCUT2D eigenvalue weighted by molar-refractivity contribution is 5.97. The molecule has 1 amide bonds. The summed E-state index contributed by atoms with van der Waals surface area (Å²) in [4.78, 5) is 13.2. The van der Waals surface area contributed by atoms with Crippen LogP contribution in [-0.4, -0.2) is 29.7 Å². The Morgan fingerprint density at radius 3 is 2.46 bits per heavy atom. The van der Waals surface area contributed by atoms with Crippen LogP contribution in [0.3, 0.4) is 0 Å². The third kappa shape index (κ3) is 3.04. The summed E-state index contributed by atoms with van der Waals surface area (Å²) in [6, 6.07) is 16.3. The highest BCUT2D eigenvalue weighted by Crippen LogP contribution is 2.38. The zero-order valence-corrected chi connectivity index (χ0v) is 13.6. The molecule has 2 N–H and O–H groups in total. The quantitative estimate of drug-likeness (QED) is 0.724. The molecule has 3 aromatic rings. The maximum Gasteiger partial charge on any atom is 0.295 e. The number of hydrogen-bond acceptors (Lipinski definition) is 3.